The summed E-state index contributed by atoms with van der Waals surface area (Å²) in [7, 11) is 0. The molecule has 1 aliphatic rings. The van der Waals surface area contributed by atoms with Gasteiger partial charge in [-0.2, -0.15) is 0 Å². The zero-order valence-electron chi connectivity index (χ0n) is 11.8. The summed E-state index contributed by atoms with van der Waals surface area (Å²) < 4.78 is 9.60. The van der Waals surface area contributed by atoms with Gasteiger partial charge in [-0.25, -0.2) is 9.59 Å². The van der Waals surface area contributed by atoms with Crippen LogP contribution in [-0.2, 0) is 19.1 Å². The molecule has 1 aliphatic heterocycles. The molecule has 0 aromatic heterocycles. The van der Waals surface area contributed by atoms with E-state index < -0.39 is 5.97 Å². The number of ether oxygens (including phenoxy) is 2. The number of epoxide rings is 1. The molecule has 1 N–H and O–H groups in total. The van der Waals surface area contributed by atoms with Crippen LogP contribution in [-0.4, -0.2) is 36.4 Å². The van der Waals surface area contributed by atoms with Gasteiger partial charge in [0.15, 0.2) is 0 Å². The fourth-order valence-corrected chi connectivity index (χ4v) is 1.19. The van der Waals surface area contributed by atoms with Crippen LogP contribution in [0.15, 0.2) is 48.6 Å². The normalized spacial score (nSPS) is 15.8. The summed E-state index contributed by atoms with van der Waals surface area (Å²) >= 11 is 0. The molecule has 1 aromatic carbocycles. The number of rotatable bonds is 5. The highest BCUT2D eigenvalue weighted by molar-refractivity contribution is 5.87. The SMILES string of the molecule is C=C(C)C(=O)OCC1CO1.O=C(O)/C=C/c1ccccc1. The lowest BCUT2D eigenvalue weighted by Gasteiger charge is -1.99. The Balaban J connectivity index is 0.000000211. The second kappa shape index (κ2) is 8.71. The molecule has 0 saturated carbocycles. The molecule has 5 nitrogen and oxygen atoms in total. The van der Waals surface area contributed by atoms with Crippen LogP contribution < -0.4 is 0 Å². The minimum Gasteiger partial charge on any atom is -0.478 e. The number of carbonyl (C=O) groups is 2. The Kier molecular flexibility index (Phi) is 6.91. The Bertz CT molecular complexity index is 515. The molecule has 5 heteroatoms. The van der Waals surface area contributed by atoms with Gasteiger partial charge in [-0.15, -0.1) is 0 Å². The van der Waals surface area contributed by atoms with Gasteiger partial charge in [0.25, 0.3) is 0 Å². The number of benzene rings is 1. The van der Waals surface area contributed by atoms with E-state index in [9.17, 15) is 9.59 Å². The molecule has 0 aliphatic carbocycles. The molecule has 112 valence electrons. The first-order valence-corrected chi connectivity index (χ1v) is 6.39. The molecule has 1 saturated heterocycles. The lowest BCUT2D eigenvalue weighted by Crippen LogP contribution is -2.09. The van der Waals surface area contributed by atoms with Crippen molar-refractivity contribution in [2.45, 2.75) is 13.0 Å². The van der Waals surface area contributed by atoms with Crippen LogP contribution in [0, 0.1) is 0 Å². The number of hydrogen-bond acceptors (Lipinski definition) is 4. The van der Waals surface area contributed by atoms with Gasteiger partial charge in [0.05, 0.1) is 6.61 Å². The van der Waals surface area contributed by atoms with Gasteiger partial charge in [-0.05, 0) is 18.6 Å². The first-order valence-electron chi connectivity index (χ1n) is 6.39. The number of hydrogen-bond donors (Lipinski definition) is 1. The zero-order chi connectivity index (χ0) is 15.7. The van der Waals surface area contributed by atoms with E-state index in [0.717, 1.165) is 11.6 Å². The fourth-order valence-electron chi connectivity index (χ4n) is 1.19. The molecule has 0 spiro atoms. The molecule has 2 rings (SSSR count). The highest BCUT2D eigenvalue weighted by Crippen LogP contribution is 2.09. The molecule has 0 bridgehead atoms. The molecular weight excluding hydrogens is 272 g/mol. The summed E-state index contributed by atoms with van der Waals surface area (Å²) in [5.74, 6) is -1.26. The average molecular weight is 290 g/mol. The lowest BCUT2D eigenvalue weighted by atomic mass is 10.2. The lowest BCUT2D eigenvalue weighted by molar-refractivity contribution is -0.139. The van der Waals surface area contributed by atoms with Gasteiger partial charge in [0, 0.05) is 11.6 Å². The Morgan fingerprint density at radius 3 is 2.52 bits per heavy atom. The minimum absolute atomic E-state index is 0.142. The third-order valence-corrected chi connectivity index (χ3v) is 2.37. The maximum Gasteiger partial charge on any atom is 0.333 e. The van der Waals surface area contributed by atoms with Crippen molar-refractivity contribution < 1.29 is 24.2 Å². The predicted octanol–water partition coefficient (Wildman–Crippen LogP) is 2.29. The molecule has 1 heterocycles. The van der Waals surface area contributed by atoms with Crippen LogP contribution in [0.1, 0.15) is 12.5 Å². The number of carboxylic acids is 1. The fraction of sp³-hybridized carbons (Fsp3) is 0.250. The number of carbonyl (C=O) groups excluding carboxylic acids is 1. The number of esters is 1. The molecule has 1 fully saturated rings. The Hall–Kier alpha value is -2.40. The first-order chi connectivity index (χ1) is 9.99. The van der Waals surface area contributed by atoms with Gasteiger partial charge in [0.2, 0.25) is 0 Å². The van der Waals surface area contributed by atoms with E-state index in [-0.39, 0.29) is 12.1 Å². The first kappa shape index (κ1) is 16.7. The van der Waals surface area contributed by atoms with Crippen molar-refractivity contribution in [1.82, 2.24) is 0 Å². The van der Waals surface area contributed by atoms with Gasteiger partial charge in [0.1, 0.15) is 12.7 Å². The second-order valence-corrected chi connectivity index (χ2v) is 4.42. The summed E-state index contributed by atoms with van der Waals surface area (Å²) in [6, 6.07) is 9.31. The maximum absolute atomic E-state index is 10.7. The third kappa shape index (κ3) is 8.39. The molecule has 21 heavy (non-hydrogen) atoms. The van der Waals surface area contributed by atoms with Crippen molar-refractivity contribution in [3.05, 3.63) is 54.1 Å². The molecule has 0 radical (unpaired) electrons. The van der Waals surface area contributed by atoms with E-state index in [1.165, 1.54) is 0 Å². The van der Waals surface area contributed by atoms with Crippen molar-refractivity contribution in [2.75, 3.05) is 13.2 Å². The monoisotopic (exact) mass is 290 g/mol. The van der Waals surface area contributed by atoms with E-state index in [1.54, 1.807) is 13.0 Å². The Morgan fingerprint density at radius 2 is 2.05 bits per heavy atom. The van der Waals surface area contributed by atoms with Crippen LogP contribution in [0.25, 0.3) is 6.08 Å². The van der Waals surface area contributed by atoms with Crippen LogP contribution in [0.4, 0.5) is 0 Å². The van der Waals surface area contributed by atoms with E-state index in [0.29, 0.717) is 18.8 Å². The summed E-state index contributed by atoms with van der Waals surface area (Å²) in [5, 5.41) is 8.29. The summed E-state index contributed by atoms with van der Waals surface area (Å²) in [6.45, 7) is 6.14. The van der Waals surface area contributed by atoms with Crippen LogP contribution in [0.5, 0.6) is 0 Å². The quantitative estimate of drug-likeness (QED) is 0.511. The van der Waals surface area contributed by atoms with E-state index in [2.05, 4.69) is 6.58 Å². The number of aliphatic carboxylic acids is 1. The molecular formula is C16H18O5. The van der Waals surface area contributed by atoms with Gasteiger partial charge in [-0.1, -0.05) is 36.9 Å². The zero-order valence-corrected chi connectivity index (χ0v) is 11.8. The minimum atomic E-state index is -0.922. The average Bonchev–Trinajstić information content (AvgIpc) is 3.28. The predicted molar refractivity (Wildman–Crippen MR) is 78.6 cm³/mol. The molecule has 1 atom stereocenters. The highest BCUT2D eigenvalue weighted by Gasteiger charge is 2.24. The van der Waals surface area contributed by atoms with Gasteiger partial charge in [-0.3, -0.25) is 0 Å². The summed E-state index contributed by atoms with van der Waals surface area (Å²) in [6.07, 6.45) is 2.82. The van der Waals surface area contributed by atoms with Gasteiger partial charge >= 0.3 is 11.9 Å². The standard InChI is InChI=1S/C9H8O2.C7H10O3/c10-9(11)7-6-8-4-2-1-3-5-8;1-5(2)7(8)10-4-6-3-9-6/h1-7H,(H,10,11);6H,1,3-4H2,2H3/b7-6+;. The van der Waals surface area contributed by atoms with E-state index in [4.69, 9.17) is 14.6 Å². The Labute approximate surface area is 123 Å². The maximum atomic E-state index is 10.7. The molecule has 1 unspecified atom stereocenters. The van der Waals surface area contributed by atoms with Crippen molar-refractivity contribution in [2.24, 2.45) is 0 Å². The molecule has 1 aromatic rings. The van der Waals surface area contributed by atoms with Crippen LogP contribution >= 0.6 is 0 Å². The summed E-state index contributed by atoms with van der Waals surface area (Å²) in [4.78, 5) is 20.8. The van der Waals surface area contributed by atoms with E-state index >= 15 is 0 Å². The van der Waals surface area contributed by atoms with Gasteiger partial charge < -0.3 is 14.6 Å². The smallest absolute Gasteiger partial charge is 0.333 e. The van der Waals surface area contributed by atoms with E-state index in [1.807, 2.05) is 30.3 Å². The van der Waals surface area contributed by atoms with Crippen LogP contribution in [0.3, 0.4) is 0 Å². The van der Waals surface area contributed by atoms with Crippen LogP contribution in [0.2, 0.25) is 0 Å². The Morgan fingerprint density at radius 1 is 1.43 bits per heavy atom. The van der Waals surface area contributed by atoms with Crippen molar-refractivity contribution >= 4 is 18.0 Å². The topological polar surface area (TPSA) is 76.1 Å². The summed E-state index contributed by atoms with van der Waals surface area (Å²) in [5.41, 5.74) is 1.33. The van der Waals surface area contributed by atoms with Crippen molar-refractivity contribution in [1.29, 1.82) is 0 Å². The molecule has 0 amide bonds. The number of carboxylic acid groups (broad SMARTS) is 1. The largest absolute Gasteiger partial charge is 0.478 e. The highest BCUT2D eigenvalue weighted by atomic mass is 16.6. The third-order valence-electron chi connectivity index (χ3n) is 2.37. The second-order valence-electron chi connectivity index (χ2n) is 4.42. The van der Waals surface area contributed by atoms with Crippen molar-refractivity contribution in [3.63, 3.8) is 0 Å². The van der Waals surface area contributed by atoms with Crippen molar-refractivity contribution in [3.8, 4) is 0 Å².